The minimum absolute atomic E-state index is 0.0560. The van der Waals surface area contributed by atoms with E-state index >= 15 is 0 Å². The first-order valence-corrected chi connectivity index (χ1v) is 12.3. The molecule has 1 aromatic carbocycles. The number of sulfonamides is 1. The molecular formula is C21H30N2O5S. The van der Waals surface area contributed by atoms with Gasteiger partial charge in [0.2, 0.25) is 10.0 Å². The first kappa shape index (κ1) is 20.6. The quantitative estimate of drug-likeness (QED) is 0.788. The number of rotatable bonds is 2. The summed E-state index contributed by atoms with van der Waals surface area (Å²) in [6.07, 6.45) is 5.83. The zero-order chi connectivity index (χ0) is 20.6. The lowest BCUT2D eigenvalue weighted by atomic mass is 9.82. The number of ether oxygens (including phenoxy) is 2. The SMILES string of the molecule is C[C@@H]1C[C@H](NS(C)(=O)=O)[C@@H]2CO[C@H]3CC[C@H](CC3)c3ccccc3OCC(=O)N12. The molecular weight excluding hydrogens is 392 g/mol. The maximum Gasteiger partial charge on any atom is 0.261 e. The molecule has 8 heteroatoms. The zero-order valence-corrected chi connectivity index (χ0v) is 17.9. The molecule has 29 heavy (non-hydrogen) atoms. The van der Waals surface area contributed by atoms with E-state index < -0.39 is 10.0 Å². The van der Waals surface area contributed by atoms with Crippen LogP contribution in [0.25, 0.3) is 0 Å². The Bertz CT molecular complexity index is 850. The number of amides is 1. The third kappa shape index (κ3) is 4.59. The van der Waals surface area contributed by atoms with Crippen LogP contribution in [0.15, 0.2) is 24.3 Å². The molecule has 2 fully saturated rings. The predicted molar refractivity (Wildman–Crippen MR) is 109 cm³/mol. The molecule has 1 aliphatic carbocycles. The fourth-order valence-corrected chi connectivity index (χ4v) is 5.93. The highest BCUT2D eigenvalue weighted by atomic mass is 32.2. The van der Waals surface area contributed by atoms with E-state index in [0.717, 1.165) is 37.7 Å². The van der Waals surface area contributed by atoms with Gasteiger partial charge in [-0.3, -0.25) is 4.79 Å². The van der Waals surface area contributed by atoms with Crippen LogP contribution in [0.1, 0.15) is 50.5 Å². The van der Waals surface area contributed by atoms with E-state index in [-0.39, 0.29) is 36.7 Å². The standard InChI is InChI=1S/C21H30N2O5S/c1-14-11-18(22-29(2,25)26)19-12-27-16-9-7-15(8-10-16)17-5-3-4-6-20(17)28-13-21(24)23(14)19/h3-6,14-16,18-19,22H,7-13H2,1-2H3/t14-,15-,16+,18+,19+/m1/s1. The number of fused-ring (bicyclic) bond motifs is 5. The number of benzene rings is 1. The van der Waals surface area contributed by atoms with Crippen molar-refractivity contribution in [2.24, 2.45) is 0 Å². The van der Waals surface area contributed by atoms with Crippen LogP contribution in [0.4, 0.5) is 0 Å². The van der Waals surface area contributed by atoms with Gasteiger partial charge in [0, 0.05) is 12.1 Å². The molecule has 1 aromatic rings. The van der Waals surface area contributed by atoms with E-state index in [4.69, 9.17) is 9.47 Å². The Morgan fingerprint density at radius 3 is 2.59 bits per heavy atom. The highest BCUT2D eigenvalue weighted by Gasteiger charge is 2.43. The second-order valence-electron chi connectivity index (χ2n) is 8.58. The van der Waals surface area contributed by atoms with Gasteiger partial charge in [-0.15, -0.1) is 0 Å². The Hall–Kier alpha value is -1.64. The molecule has 2 bridgehead atoms. The number of para-hydroxylation sites is 1. The minimum Gasteiger partial charge on any atom is -0.483 e. The summed E-state index contributed by atoms with van der Waals surface area (Å²) in [5.41, 5.74) is 1.17. The first-order chi connectivity index (χ1) is 13.8. The average Bonchev–Trinajstić information content (AvgIpc) is 2.98. The Morgan fingerprint density at radius 1 is 1.14 bits per heavy atom. The summed E-state index contributed by atoms with van der Waals surface area (Å²) in [7, 11) is -3.38. The molecule has 3 atom stereocenters. The maximum absolute atomic E-state index is 13.1. The van der Waals surface area contributed by atoms with Gasteiger partial charge >= 0.3 is 0 Å². The molecule has 5 rings (SSSR count). The van der Waals surface area contributed by atoms with Crippen molar-refractivity contribution in [1.82, 2.24) is 9.62 Å². The average molecular weight is 423 g/mol. The van der Waals surface area contributed by atoms with Crippen molar-refractivity contribution in [3.63, 3.8) is 0 Å². The monoisotopic (exact) mass is 422 g/mol. The van der Waals surface area contributed by atoms with Gasteiger partial charge in [-0.1, -0.05) is 18.2 Å². The van der Waals surface area contributed by atoms with Gasteiger partial charge in [-0.05, 0) is 56.6 Å². The van der Waals surface area contributed by atoms with Gasteiger partial charge < -0.3 is 14.4 Å². The maximum atomic E-state index is 13.1. The largest absolute Gasteiger partial charge is 0.483 e. The molecule has 0 unspecified atom stereocenters. The Kier molecular flexibility index (Phi) is 5.86. The predicted octanol–water partition coefficient (Wildman–Crippen LogP) is 2.03. The van der Waals surface area contributed by atoms with Crippen LogP contribution < -0.4 is 9.46 Å². The van der Waals surface area contributed by atoms with E-state index in [1.807, 2.05) is 25.1 Å². The highest BCUT2D eigenvalue weighted by Crippen LogP contribution is 2.39. The number of hydrogen-bond donors (Lipinski definition) is 1. The van der Waals surface area contributed by atoms with Crippen molar-refractivity contribution in [3.05, 3.63) is 29.8 Å². The molecule has 1 saturated carbocycles. The van der Waals surface area contributed by atoms with E-state index in [9.17, 15) is 13.2 Å². The van der Waals surface area contributed by atoms with Gasteiger partial charge in [0.25, 0.3) is 5.91 Å². The third-order valence-corrected chi connectivity index (χ3v) is 7.16. The number of carbonyl (C=O) groups is 1. The molecule has 1 amide bonds. The summed E-state index contributed by atoms with van der Waals surface area (Å²) < 4.78 is 38.6. The number of hydrogen-bond acceptors (Lipinski definition) is 5. The lowest BCUT2D eigenvalue weighted by Gasteiger charge is -2.33. The number of nitrogens with one attached hydrogen (secondary N) is 1. The molecule has 3 aliphatic heterocycles. The molecule has 0 spiro atoms. The Balaban J connectivity index is 1.62. The summed E-state index contributed by atoms with van der Waals surface area (Å²) in [4.78, 5) is 14.8. The van der Waals surface area contributed by atoms with Gasteiger partial charge in [-0.2, -0.15) is 0 Å². The molecule has 1 saturated heterocycles. The topological polar surface area (TPSA) is 84.9 Å². The molecule has 0 radical (unpaired) electrons. The van der Waals surface area contributed by atoms with Crippen LogP contribution in [-0.4, -0.2) is 62.9 Å². The van der Waals surface area contributed by atoms with E-state index in [0.29, 0.717) is 18.9 Å². The molecule has 7 nitrogen and oxygen atoms in total. The zero-order valence-electron chi connectivity index (χ0n) is 17.0. The van der Waals surface area contributed by atoms with Crippen LogP contribution >= 0.6 is 0 Å². The summed E-state index contributed by atoms with van der Waals surface area (Å²) in [6.45, 7) is 2.23. The number of nitrogens with zero attached hydrogens (tertiary/aromatic N) is 1. The summed E-state index contributed by atoms with van der Waals surface area (Å²) in [5, 5.41) is 0. The third-order valence-electron chi connectivity index (χ3n) is 6.43. The van der Waals surface area contributed by atoms with E-state index in [1.165, 1.54) is 5.56 Å². The lowest BCUT2D eigenvalue weighted by molar-refractivity contribution is -0.138. The van der Waals surface area contributed by atoms with Crippen LogP contribution in [-0.2, 0) is 19.6 Å². The molecule has 4 aliphatic rings. The van der Waals surface area contributed by atoms with Crippen molar-refractivity contribution in [2.45, 2.75) is 69.2 Å². The normalized spacial score (nSPS) is 33.1. The smallest absolute Gasteiger partial charge is 0.261 e. The van der Waals surface area contributed by atoms with Gasteiger partial charge in [0.1, 0.15) is 5.75 Å². The van der Waals surface area contributed by atoms with Crippen molar-refractivity contribution in [2.75, 3.05) is 19.5 Å². The molecule has 1 N–H and O–H groups in total. The minimum atomic E-state index is -3.38. The molecule has 0 aromatic heterocycles. The van der Waals surface area contributed by atoms with Crippen LogP contribution in [0, 0.1) is 0 Å². The Morgan fingerprint density at radius 2 is 1.86 bits per heavy atom. The fraction of sp³-hybridized carbons (Fsp3) is 0.667. The van der Waals surface area contributed by atoms with Crippen molar-refractivity contribution >= 4 is 15.9 Å². The summed E-state index contributed by atoms with van der Waals surface area (Å²) >= 11 is 0. The first-order valence-electron chi connectivity index (χ1n) is 10.4. The van der Waals surface area contributed by atoms with E-state index in [2.05, 4.69) is 10.8 Å². The summed E-state index contributed by atoms with van der Waals surface area (Å²) in [5.74, 6) is 1.06. The van der Waals surface area contributed by atoms with Crippen LogP contribution in [0.2, 0.25) is 0 Å². The van der Waals surface area contributed by atoms with Crippen LogP contribution in [0.5, 0.6) is 5.75 Å². The second-order valence-corrected chi connectivity index (χ2v) is 10.4. The van der Waals surface area contributed by atoms with Gasteiger partial charge in [0.15, 0.2) is 6.61 Å². The Labute approximate surface area is 172 Å². The van der Waals surface area contributed by atoms with Crippen molar-refractivity contribution in [1.29, 1.82) is 0 Å². The van der Waals surface area contributed by atoms with Gasteiger partial charge in [0.05, 0.1) is 25.0 Å². The summed E-state index contributed by atoms with van der Waals surface area (Å²) in [6, 6.07) is 7.22. The fourth-order valence-electron chi connectivity index (χ4n) is 5.13. The van der Waals surface area contributed by atoms with Crippen LogP contribution in [0.3, 0.4) is 0 Å². The highest BCUT2D eigenvalue weighted by molar-refractivity contribution is 7.88. The van der Waals surface area contributed by atoms with Crippen molar-refractivity contribution in [3.8, 4) is 5.75 Å². The molecule has 160 valence electrons. The second kappa shape index (κ2) is 8.24. The van der Waals surface area contributed by atoms with Crippen molar-refractivity contribution < 1.29 is 22.7 Å². The molecule has 3 heterocycles. The van der Waals surface area contributed by atoms with E-state index in [1.54, 1.807) is 4.90 Å². The lowest BCUT2D eigenvalue weighted by Crippen LogP contribution is -2.51. The van der Waals surface area contributed by atoms with Gasteiger partial charge in [-0.25, -0.2) is 13.1 Å². The number of carbonyl (C=O) groups excluding carboxylic acids is 1.